The third-order valence-corrected chi connectivity index (χ3v) is 5.69. The van der Waals surface area contributed by atoms with Gasteiger partial charge in [0.05, 0.1) is 12.7 Å². The number of hydrogen-bond donors (Lipinski definition) is 1. The van der Waals surface area contributed by atoms with Crippen molar-refractivity contribution in [2.45, 2.75) is 19.3 Å². The van der Waals surface area contributed by atoms with E-state index in [0.29, 0.717) is 18.8 Å². The van der Waals surface area contributed by atoms with E-state index in [9.17, 15) is 17.4 Å². The van der Waals surface area contributed by atoms with Gasteiger partial charge in [0.15, 0.2) is 0 Å². The summed E-state index contributed by atoms with van der Waals surface area (Å²) in [6, 6.07) is 0. The van der Waals surface area contributed by atoms with Crippen LogP contribution in [-0.2, 0) is 25.6 Å². The average Bonchev–Trinajstić information content (AvgIpc) is 2.25. The van der Waals surface area contributed by atoms with Gasteiger partial charge in [-0.05, 0) is 18.8 Å². The second-order valence-corrected chi connectivity index (χ2v) is 8.19. The quantitative estimate of drug-likeness (QED) is 0.738. The van der Waals surface area contributed by atoms with Crippen molar-refractivity contribution in [3.05, 3.63) is 0 Å². The summed E-state index contributed by atoms with van der Waals surface area (Å²) in [5, 5.41) is 8.49. The first-order valence-electron chi connectivity index (χ1n) is 5.81. The predicted molar refractivity (Wildman–Crippen MR) is 69.3 cm³/mol. The fourth-order valence-electron chi connectivity index (χ4n) is 2.01. The molecule has 0 aliphatic carbocycles. The van der Waals surface area contributed by atoms with Gasteiger partial charge in [-0.3, -0.25) is 9.00 Å². The Balaban J connectivity index is 2.43. The highest BCUT2D eigenvalue weighted by atomic mass is 32.2. The molecule has 1 N–H and O–H groups in total. The minimum absolute atomic E-state index is 0.0723. The van der Waals surface area contributed by atoms with E-state index in [2.05, 4.69) is 0 Å². The first kappa shape index (κ1) is 15.6. The maximum Gasteiger partial charge on any atom is 0.304 e. The molecule has 0 radical (unpaired) electrons. The molecule has 0 amide bonds. The van der Waals surface area contributed by atoms with Crippen LogP contribution in [0, 0.1) is 5.92 Å². The van der Waals surface area contributed by atoms with Crippen LogP contribution in [-0.4, -0.2) is 58.9 Å². The van der Waals surface area contributed by atoms with E-state index in [1.807, 2.05) is 0 Å². The molecule has 0 aromatic carbocycles. The van der Waals surface area contributed by atoms with E-state index >= 15 is 0 Å². The lowest BCUT2D eigenvalue weighted by Crippen LogP contribution is -2.40. The Labute approximate surface area is 110 Å². The van der Waals surface area contributed by atoms with Crippen LogP contribution in [0.15, 0.2) is 0 Å². The molecule has 0 spiro atoms. The Kier molecular flexibility index (Phi) is 5.74. The van der Waals surface area contributed by atoms with Crippen molar-refractivity contribution in [3.8, 4) is 0 Å². The molecule has 0 bridgehead atoms. The molecule has 18 heavy (non-hydrogen) atoms. The first-order chi connectivity index (χ1) is 8.29. The van der Waals surface area contributed by atoms with Gasteiger partial charge in [0.25, 0.3) is 0 Å². The number of rotatable bonds is 6. The van der Waals surface area contributed by atoms with Crippen molar-refractivity contribution in [1.82, 2.24) is 4.31 Å². The molecule has 8 heteroatoms. The Morgan fingerprint density at radius 1 is 1.50 bits per heavy atom. The van der Waals surface area contributed by atoms with Gasteiger partial charge in [0, 0.05) is 35.4 Å². The summed E-state index contributed by atoms with van der Waals surface area (Å²) in [4.78, 5) is 10.4. The molecule has 1 saturated heterocycles. The molecule has 1 aliphatic rings. The number of hydrogen-bond acceptors (Lipinski definition) is 4. The van der Waals surface area contributed by atoms with Crippen LogP contribution in [0.2, 0.25) is 0 Å². The molecule has 0 saturated carbocycles. The highest BCUT2D eigenvalue weighted by molar-refractivity contribution is 7.88. The molecule has 1 rings (SSSR count). The maximum atomic E-state index is 11.7. The Hall–Kier alpha value is -0.470. The van der Waals surface area contributed by atoms with E-state index in [0.717, 1.165) is 12.8 Å². The number of piperidine rings is 1. The van der Waals surface area contributed by atoms with Crippen molar-refractivity contribution in [2.75, 3.05) is 30.9 Å². The molecule has 1 aliphatic heterocycles. The molecule has 2 atom stereocenters. The lowest BCUT2D eigenvalue weighted by atomic mass is 10.0. The van der Waals surface area contributed by atoms with Gasteiger partial charge in [-0.15, -0.1) is 0 Å². The summed E-state index contributed by atoms with van der Waals surface area (Å²) < 4.78 is 35.9. The SMILES string of the molecule is CS(=O)(=O)N1CCCC(CS(=O)CCC(=O)O)C1. The summed E-state index contributed by atoms with van der Waals surface area (Å²) >= 11 is 0. The zero-order valence-corrected chi connectivity index (χ0v) is 12.0. The molecule has 0 aromatic rings. The van der Waals surface area contributed by atoms with Gasteiger partial charge in [-0.2, -0.15) is 0 Å². The van der Waals surface area contributed by atoms with Crippen LogP contribution in [0.1, 0.15) is 19.3 Å². The van der Waals surface area contributed by atoms with E-state index in [-0.39, 0.29) is 18.1 Å². The van der Waals surface area contributed by atoms with Gasteiger partial charge in [-0.25, -0.2) is 12.7 Å². The van der Waals surface area contributed by atoms with Crippen LogP contribution in [0.4, 0.5) is 0 Å². The third kappa shape index (κ3) is 5.45. The largest absolute Gasteiger partial charge is 0.481 e. The Bertz CT molecular complexity index is 420. The average molecular weight is 297 g/mol. The van der Waals surface area contributed by atoms with E-state index in [1.54, 1.807) is 0 Å². The minimum atomic E-state index is -3.18. The number of carboxylic acid groups (broad SMARTS) is 1. The molecule has 106 valence electrons. The van der Waals surface area contributed by atoms with Gasteiger partial charge >= 0.3 is 5.97 Å². The van der Waals surface area contributed by atoms with E-state index in [1.165, 1.54) is 10.6 Å². The van der Waals surface area contributed by atoms with E-state index in [4.69, 9.17) is 5.11 Å². The van der Waals surface area contributed by atoms with E-state index < -0.39 is 26.8 Å². The zero-order valence-electron chi connectivity index (χ0n) is 10.4. The molecule has 6 nitrogen and oxygen atoms in total. The number of carbonyl (C=O) groups is 1. The van der Waals surface area contributed by atoms with Crippen molar-refractivity contribution >= 4 is 26.8 Å². The maximum absolute atomic E-state index is 11.7. The molecule has 1 heterocycles. The summed E-state index contributed by atoms with van der Waals surface area (Å²) in [6.45, 7) is 0.925. The number of nitrogens with zero attached hydrogens (tertiary/aromatic N) is 1. The summed E-state index contributed by atoms with van der Waals surface area (Å²) in [7, 11) is -4.36. The normalized spacial score (nSPS) is 23.7. The van der Waals surface area contributed by atoms with Crippen molar-refractivity contribution in [2.24, 2.45) is 5.92 Å². The Morgan fingerprint density at radius 3 is 2.72 bits per heavy atom. The molecular weight excluding hydrogens is 278 g/mol. The summed E-state index contributed by atoms with van der Waals surface area (Å²) in [6.07, 6.45) is 2.70. The Morgan fingerprint density at radius 2 is 2.17 bits per heavy atom. The lowest BCUT2D eigenvalue weighted by molar-refractivity contribution is -0.136. The zero-order chi connectivity index (χ0) is 13.8. The van der Waals surface area contributed by atoms with Gasteiger partial charge in [0.2, 0.25) is 10.0 Å². The minimum Gasteiger partial charge on any atom is -0.481 e. The number of carboxylic acids is 1. The van der Waals surface area contributed by atoms with Crippen LogP contribution >= 0.6 is 0 Å². The van der Waals surface area contributed by atoms with Gasteiger partial charge in [0.1, 0.15) is 0 Å². The summed E-state index contributed by atoms with van der Waals surface area (Å²) in [5.41, 5.74) is 0. The molecular formula is C10H19NO5S2. The van der Waals surface area contributed by atoms with Crippen LogP contribution < -0.4 is 0 Å². The number of aliphatic carboxylic acids is 1. The second-order valence-electron chi connectivity index (χ2n) is 4.58. The smallest absolute Gasteiger partial charge is 0.304 e. The third-order valence-electron chi connectivity index (χ3n) is 2.92. The molecule has 2 unspecified atom stereocenters. The highest BCUT2D eigenvalue weighted by Crippen LogP contribution is 2.19. The van der Waals surface area contributed by atoms with Crippen LogP contribution in [0.5, 0.6) is 0 Å². The fraction of sp³-hybridized carbons (Fsp3) is 0.900. The standard InChI is InChI=1S/C10H19NO5S2/c1-18(15,16)11-5-2-3-9(7-11)8-17(14)6-4-10(12)13/h9H,2-8H2,1H3,(H,12,13). The molecule has 1 fully saturated rings. The highest BCUT2D eigenvalue weighted by Gasteiger charge is 2.26. The molecule has 0 aromatic heterocycles. The van der Waals surface area contributed by atoms with Gasteiger partial charge < -0.3 is 5.11 Å². The monoisotopic (exact) mass is 297 g/mol. The van der Waals surface area contributed by atoms with Gasteiger partial charge in [-0.1, -0.05) is 0 Å². The first-order valence-corrected chi connectivity index (χ1v) is 9.14. The predicted octanol–water partition coefficient (Wildman–Crippen LogP) is -0.119. The van der Waals surface area contributed by atoms with Crippen molar-refractivity contribution in [1.29, 1.82) is 0 Å². The fourth-order valence-corrected chi connectivity index (χ4v) is 4.32. The van der Waals surface area contributed by atoms with Crippen molar-refractivity contribution < 1.29 is 22.5 Å². The lowest BCUT2D eigenvalue weighted by Gasteiger charge is -2.30. The van der Waals surface area contributed by atoms with Crippen LogP contribution in [0.3, 0.4) is 0 Å². The van der Waals surface area contributed by atoms with Crippen LogP contribution in [0.25, 0.3) is 0 Å². The van der Waals surface area contributed by atoms with Crippen molar-refractivity contribution in [3.63, 3.8) is 0 Å². The number of sulfonamides is 1. The summed E-state index contributed by atoms with van der Waals surface area (Å²) in [5.74, 6) is -0.350. The second kappa shape index (κ2) is 6.63. The topological polar surface area (TPSA) is 91.8 Å².